The predicted molar refractivity (Wildman–Crippen MR) is 61.8 cm³/mol. The van der Waals surface area contributed by atoms with Crippen molar-refractivity contribution in [2.75, 3.05) is 0 Å². The monoisotopic (exact) mass is 200 g/mol. The van der Waals surface area contributed by atoms with Crippen molar-refractivity contribution in [1.82, 2.24) is 9.78 Å². The van der Waals surface area contributed by atoms with Crippen molar-refractivity contribution in [3.8, 4) is 0 Å². The number of aromatic nitrogens is 2. The maximum absolute atomic E-state index is 4.68. The van der Waals surface area contributed by atoms with Crippen LogP contribution in [0.2, 0.25) is 0 Å². The molecule has 0 saturated heterocycles. The Balaban J connectivity index is 2.11. The zero-order chi connectivity index (χ0) is 10.3. The highest BCUT2D eigenvalue weighted by atomic mass is 15.3. The standard InChI is InChI=1S/C13H16N2/c1-13(8-4-5-9-13)15-10-11-6-2-3-7-12(11)14-15/h2-3,6-7,10H,4-5,8-9H2,1H3. The van der Waals surface area contributed by atoms with Crippen LogP contribution in [0, 0.1) is 0 Å². The molecule has 2 aromatic rings. The van der Waals surface area contributed by atoms with E-state index in [4.69, 9.17) is 0 Å². The summed E-state index contributed by atoms with van der Waals surface area (Å²) in [4.78, 5) is 0. The molecule has 1 fully saturated rings. The van der Waals surface area contributed by atoms with Gasteiger partial charge in [-0.25, -0.2) is 0 Å². The van der Waals surface area contributed by atoms with Gasteiger partial charge in [-0.15, -0.1) is 0 Å². The summed E-state index contributed by atoms with van der Waals surface area (Å²) in [5.41, 5.74) is 1.38. The van der Waals surface area contributed by atoms with E-state index in [-0.39, 0.29) is 5.54 Å². The van der Waals surface area contributed by atoms with Gasteiger partial charge in [-0.05, 0) is 25.8 Å². The topological polar surface area (TPSA) is 17.8 Å². The summed E-state index contributed by atoms with van der Waals surface area (Å²) in [5, 5.41) is 5.94. The second-order valence-electron chi connectivity index (χ2n) is 4.84. The molecule has 1 aromatic carbocycles. The Labute approximate surface area is 89.9 Å². The third-order valence-corrected chi connectivity index (χ3v) is 3.65. The number of rotatable bonds is 1. The van der Waals surface area contributed by atoms with Crippen LogP contribution in [0.25, 0.3) is 10.9 Å². The van der Waals surface area contributed by atoms with E-state index in [9.17, 15) is 0 Å². The van der Waals surface area contributed by atoms with Crippen molar-refractivity contribution < 1.29 is 0 Å². The van der Waals surface area contributed by atoms with Crippen LogP contribution in [0.1, 0.15) is 32.6 Å². The largest absolute Gasteiger partial charge is 0.266 e. The molecule has 2 nitrogen and oxygen atoms in total. The average Bonchev–Trinajstić information content (AvgIpc) is 2.84. The third-order valence-electron chi connectivity index (χ3n) is 3.65. The quantitative estimate of drug-likeness (QED) is 0.690. The maximum atomic E-state index is 4.68. The van der Waals surface area contributed by atoms with Gasteiger partial charge in [0, 0.05) is 11.6 Å². The predicted octanol–water partition coefficient (Wildman–Crippen LogP) is 3.33. The molecule has 0 spiro atoms. The molecule has 0 N–H and O–H groups in total. The lowest BCUT2D eigenvalue weighted by molar-refractivity contribution is 0.298. The number of hydrogen-bond donors (Lipinski definition) is 0. The first kappa shape index (κ1) is 8.96. The van der Waals surface area contributed by atoms with Crippen LogP contribution in [-0.2, 0) is 5.54 Å². The molecule has 15 heavy (non-hydrogen) atoms. The Bertz CT molecular complexity index is 445. The summed E-state index contributed by atoms with van der Waals surface area (Å²) in [5.74, 6) is 0. The molecule has 1 saturated carbocycles. The van der Waals surface area contributed by atoms with E-state index in [0.717, 1.165) is 5.52 Å². The molecule has 0 bridgehead atoms. The van der Waals surface area contributed by atoms with Crippen molar-refractivity contribution in [3.05, 3.63) is 30.5 Å². The fraction of sp³-hybridized carbons (Fsp3) is 0.462. The van der Waals surface area contributed by atoms with Crippen molar-refractivity contribution in [2.24, 2.45) is 0 Å². The second kappa shape index (κ2) is 3.09. The molecule has 1 aliphatic carbocycles. The molecule has 0 radical (unpaired) electrons. The van der Waals surface area contributed by atoms with Crippen molar-refractivity contribution in [3.63, 3.8) is 0 Å². The molecule has 78 valence electrons. The summed E-state index contributed by atoms with van der Waals surface area (Å²) < 4.78 is 2.19. The number of hydrogen-bond acceptors (Lipinski definition) is 1. The summed E-state index contributed by atoms with van der Waals surface area (Å²) in [6.07, 6.45) is 7.40. The van der Waals surface area contributed by atoms with Gasteiger partial charge in [0.05, 0.1) is 11.1 Å². The van der Waals surface area contributed by atoms with E-state index >= 15 is 0 Å². The van der Waals surface area contributed by atoms with Gasteiger partial charge in [0.25, 0.3) is 0 Å². The van der Waals surface area contributed by atoms with Gasteiger partial charge in [-0.2, -0.15) is 5.10 Å². The molecular formula is C13H16N2. The Morgan fingerprint density at radius 3 is 2.67 bits per heavy atom. The Morgan fingerprint density at radius 2 is 1.93 bits per heavy atom. The van der Waals surface area contributed by atoms with E-state index in [1.807, 2.05) is 0 Å². The highest BCUT2D eigenvalue weighted by molar-refractivity contribution is 5.77. The van der Waals surface area contributed by atoms with Crippen LogP contribution >= 0.6 is 0 Å². The summed E-state index contributed by atoms with van der Waals surface area (Å²) in [7, 11) is 0. The maximum Gasteiger partial charge on any atom is 0.0923 e. The van der Waals surface area contributed by atoms with Crippen molar-refractivity contribution in [2.45, 2.75) is 38.1 Å². The average molecular weight is 200 g/mol. The molecule has 0 amide bonds. The second-order valence-corrected chi connectivity index (χ2v) is 4.84. The molecule has 0 atom stereocenters. The van der Waals surface area contributed by atoms with Gasteiger partial charge in [-0.1, -0.05) is 31.0 Å². The minimum Gasteiger partial charge on any atom is -0.266 e. The molecule has 0 unspecified atom stereocenters. The van der Waals surface area contributed by atoms with Gasteiger partial charge in [0.1, 0.15) is 0 Å². The van der Waals surface area contributed by atoms with Gasteiger partial charge < -0.3 is 0 Å². The van der Waals surface area contributed by atoms with E-state index in [0.29, 0.717) is 0 Å². The van der Waals surface area contributed by atoms with Gasteiger partial charge >= 0.3 is 0 Å². The van der Waals surface area contributed by atoms with E-state index in [1.165, 1.54) is 31.1 Å². The van der Waals surface area contributed by atoms with Crippen LogP contribution < -0.4 is 0 Å². The lowest BCUT2D eigenvalue weighted by Crippen LogP contribution is -2.26. The number of nitrogens with zero attached hydrogens (tertiary/aromatic N) is 2. The summed E-state index contributed by atoms with van der Waals surface area (Å²) in [6, 6.07) is 8.35. The third kappa shape index (κ3) is 1.36. The van der Waals surface area contributed by atoms with E-state index in [2.05, 4.69) is 47.2 Å². The SMILES string of the molecule is CC1(n2cc3ccccc3n2)CCCC1. The molecule has 2 heteroatoms. The lowest BCUT2D eigenvalue weighted by Gasteiger charge is -2.23. The first-order valence-electron chi connectivity index (χ1n) is 5.73. The van der Waals surface area contributed by atoms with Crippen LogP contribution in [-0.4, -0.2) is 9.78 Å². The van der Waals surface area contributed by atoms with Gasteiger partial charge in [0.2, 0.25) is 0 Å². The van der Waals surface area contributed by atoms with Crippen molar-refractivity contribution in [1.29, 1.82) is 0 Å². The van der Waals surface area contributed by atoms with Crippen LogP contribution in [0.5, 0.6) is 0 Å². The number of benzene rings is 1. The highest BCUT2D eigenvalue weighted by Gasteiger charge is 2.31. The Kier molecular flexibility index (Phi) is 1.84. The fourth-order valence-corrected chi connectivity index (χ4v) is 2.61. The van der Waals surface area contributed by atoms with Crippen LogP contribution in [0.15, 0.2) is 30.5 Å². The zero-order valence-corrected chi connectivity index (χ0v) is 9.11. The molecule has 3 rings (SSSR count). The van der Waals surface area contributed by atoms with Gasteiger partial charge in [-0.3, -0.25) is 4.68 Å². The van der Waals surface area contributed by atoms with Crippen LogP contribution in [0.3, 0.4) is 0 Å². The van der Waals surface area contributed by atoms with E-state index in [1.54, 1.807) is 0 Å². The molecular weight excluding hydrogens is 184 g/mol. The minimum absolute atomic E-state index is 0.263. The Hall–Kier alpha value is -1.31. The van der Waals surface area contributed by atoms with Crippen molar-refractivity contribution >= 4 is 10.9 Å². The first-order chi connectivity index (χ1) is 7.28. The first-order valence-corrected chi connectivity index (χ1v) is 5.73. The lowest BCUT2D eigenvalue weighted by atomic mass is 10.0. The molecule has 1 aromatic heterocycles. The van der Waals surface area contributed by atoms with E-state index < -0.39 is 0 Å². The molecule has 1 aliphatic rings. The highest BCUT2D eigenvalue weighted by Crippen LogP contribution is 2.36. The van der Waals surface area contributed by atoms with Gasteiger partial charge in [0.15, 0.2) is 0 Å². The molecule has 0 aliphatic heterocycles. The normalized spacial score (nSPS) is 19.8. The molecule has 1 heterocycles. The Morgan fingerprint density at radius 1 is 1.20 bits per heavy atom. The fourth-order valence-electron chi connectivity index (χ4n) is 2.61. The van der Waals surface area contributed by atoms with Crippen LogP contribution in [0.4, 0.5) is 0 Å². The smallest absolute Gasteiger partial charge is 0.0923 e. The summed E-state index contributed by atoms with van der Waals surface area (Å²) in [6.45, 7) is 2.33. The summed E-state index contributed by atoms with van der Waals surface area (Å²) >= 11 is 0. The number of fused-ring (bicyclic) bond motifs is 1. The zero-order valence-electron chi connectivity index (χ0n) is 9.11. The minimum atomic E-state index is 0.263.